The molecule has 2 heterocycles. The van der Waals surface area contributed by atoms with Crippen molar-refractivity contribution in [2.45, 2.75) is 59.3 Å². The van der Waals surface area contributed by atoms with E-state index in [1.165, 1.54) is 32.1 Å². The van der Waals surface area contributed by atoms with Crippen LogP contribution < -0.4 is 9.80 Å². The van der Waals surface area contributed by atoms with Crippen LogP contribution in [0.15, 0.2) is 55.1 Å². The highest BCUT2D eigenvalue weighted by atomic mass is 15.3. The fraction of sp³-hybridized carbons (Fsp3) is 0.448. The molecule has 2 aliphatic heterocycles. The molecule has 0 aromatic heterocycles. The number of hydrogen-bond acceptors (Lipinski definition) is 4. The van der Waals surface area contributed by atoms with E-state index in [1.807, 2.05) is 15.9 Å². The van der Waals surface area contributed by atoms with Gasteiger partial charge in [0.15, 0.2) is 0 Å². The molecule has 0 bridgehead atoms. The van der Waals surface area contributed by atoms with E-state index in [2.05, 4.69) is 65.8 Å². The van der Waals surface area contributed by atoms with Crippen molar-refractivity contribution in [2.75, 3.05) is 37.1 Å². The van der Waals surface area contributed by atoms with Crippen molar-refractivity contribution in [1.29, 1.82) is 0 Å². The Hall–Kier alpha value is -2.88. The molecule has 2 aromatic carbocycles. The third kappa shape index (κ3) is 4.75. The van der Waals surface area contributed by atoms with E-state index >= 15 is 0 Å². The average Bonchev–Trinajstić information content (AvgIpc) is 3.53. The van der Waals surface area contributed by atoms with Gasteiger partial charge in [0.2, 0.25) is 0 Å². The van der Waals surface area contributed by atoms with Crippen molar-refractivity contribution < 1.29 is 8.22 Å². The highest BCUT2D eigenvalue weighted by Gasteiger charge is 2.22. The zero-order chi connectivity index (χ0) is 28.9. The number of benzene rings is 2. The van der Waals surface area contributed by atoms with Crippen LogP contribution in [-0.4, -0.2) is 37.1 Å². The Bertz CT molecular complexity index is 1170. The summed E-state index contributed by atoms with van der Waals surface area (Å²) in [6.07, 6.45) is 6.78. The smallest absolute Gasteiger partial charge is 0.0938 e. The number of rotatable bonds is 6. The van der Waals surface area contributed by atoms with Crippen LogP contribution in [0.4, 0.5) is 11.4 Å². The minimum Gasteiger partial charge on any atom is -0.361 e. The van der Waals surface area contributed by atoms with Gasteiger partial charge in [-0.05, 0) is 63.8 Å². The van der Waals surface area contributed by atoms with Crippen LogP contribution in [-0.2, 0) is 0 Å². The van der Waals surface area contributed by atoms with Crippen molar-refractivity contribution in [3.05, 3.63) is 71.8 Å². The Kier molecular flexibility index (Phi) is 4.64. The lowest BCUT2D eigenvalue weighted by Crippen LogP contribution is -2.24. The summed E-state index contributed by atoms with van der Waals surface area (Å²) < 4.78 is 47.0. The van der Waals surface area contributed by atoms with Crippen molar-refractivity contribution in [3.63, 3.8) is 0 Å². The molecule has 2 aliphatic rings. The molecule has 0 saturated heterocycles. The van der Waals surface area contributed by atoms with Gasteiger partial charge in [-0.2, -0.15) is 0 Å². The standard InChI is InChI=1S/C29H40N4/c1-20(2)23-15-27(21(3)4)29(28(16-23)22(5)6)24-13-25(32-11-9-30(7)18-32)17-26(14-24)33-12-10-31(8)19-33/h9-17,20-22H,18-19H2,1-8H3/i7D3,8D3. The monoisotopic (exact) mass is 450 g/mol. The van der Waals surface area contributed by atoms with Crippen molar-refractivity contribution >= 4 is 11.4 Å². The molecule has 4 nitrogen and oxygen atoms in total. The number of nitrogens with zero attached hydrogens (tertiary/aromatic N) is 4. The SMILES string of the molecule is [2H]C([2H])([2H])N1C=CN(c2cc(-c3c(C(C)C)cc(C(C)C)cc3C(C)C)cc(N3C=CN(C([2H])([2H])[2H])C3)c2)C1. The first kappa shape index (κ1) is 16.7. The maximum absolute atomic E-state index is 7.83. The van der Waals surface area contributed by atoms with Gasteiger partial charge in [0.1, 0.15) is 0 Å². The van der Waals surface area contributed by atoms with Crippen molar-refractivity contribution in [1.82, 2.24) is 9.80 Å². The van der Waals surface area contributed by atoms with Gasteiger partial charge in [-0.1, -0.05) is 53.7 Å². The first-order chi connectivity index (χ1) is 18.1. The third-order valence-corrected chi connectivity index (χ3v) is 6.45. The van der Waals surface area contributed by atoms with E-state index in [0.29, 0.717) is 17.8 Å². The highest BCUT2D eigenvalue weighted by molar-refractivity contribution is 5.81. The largest absolute Gasteiger partial charge is 0.361 e. The van der Waals surface area contributed by atoms with Crippen molar-refractivity contribution in [3.8, 4) is 11.1 Å². The predicted octanol–water partition coefficient (Wildman–Crippen LogP) is 7.08. The zero-order valence-electron chi connectivity index (χ0n) is 26.6. The fourth-order valence-electron chi connectivity index (χ4n) is 4.53. The second-order valence-corrected chi connectivity index (χ2v) is 10.0. The predicted molar refractivity (Wildman–Crippen MR) is 143 cm³/mol. The molecule has 0 fully saturated rings. The zero-order valence-corrected chi connectivity index (χ0v) is 20.6. The van der Waals surface area contributed by atoms with Crippen LogP contribution in [0.2, 0.25) is 0 Å². The molecule has 0 aliphatic carbocycles. The maximum Gasteiger partial charge on any atom is 0.0938 e. The summed E-state index contributed by atoms with van der Waals surface area (Å²) >= 11 is 0. The first-order valence-electron chi connectivity index (χ1n) is 14.8. The first-order valence-corrected chi connectivity index (χ1v) is 11.8. The molecule has 4 heteroatoms. The lowest BCUT2D eigenvalue weighted by molar-refractivity contribution is 0.494. The van der Waals surface area contributed by atoms with Crippen molar-refractivity contribution in [2.24, 2.45) is 0 Å². The molecule has 0 N–H and O–H groups in total. The van der Waals surface area contributed by atoms with Gasteiger partial charge in [0, 0.05) is 58.4 Å². The summed E-state index contributed by atoms with van der Waals surface area (Å²) in [5.74, 6) is 0.981. The van der Waals surface area contributed by atoms with Crippen LogP contribution in [0.25, 0.3) is 11.1 Å². The fourth-order valence-corrected chi connectivity index (χ4v) is 4.53. The molecular formula is C29H40N4. The summed E-state index contributed by atoms with van der Waals surface area (Å²) in [5.41, 5.74) is 7.79. The summed E-state index contributed by atoms with van der Waals surface area (Å²) in [5, 5.41) is 0. The Morgan fingerprint density at radius 3 is 1.48 bits per heavy atom. The molecule has 0 amide bonds. The van der Waals surface area contributed by atoms with E-state index in [1.54, 1.807) is 24.8 Å². The van der Waals surface area contributed by atoms with E-state index in [4.69, 9.17) is 8.22 Å². The normalized spacial score (nSPS) is 19.4. The van der Waals surface area contributed by atoms with Crippen LogP contribution in [0.3, 0.4) is 0 Å². The van der Waals surface area contributed by atoms with E-state index in [0.717, 1.165) is 16.9 Å². The lowest BCUT2D eigenvalue weighted by Gasteiger charge is -2.27. The molecule has 0 atom stereocenters. The van der Waals surface area contributed by atoms with Gasteiger partial charge < -0.3 is 19.6 Å². The molecule has 0 radical (unpaired) electrons. The summed E-state index contributed by atoms with van der Waals surface area (Å²) in [6, 6.07) is 10.9. The van der Waals surface area contributed by atoms with Gasteiger partial charge in [-0.15, -0.1) is 0 Å². The average molecular weight is 451 g/mol. The van der Waals surface area contributed by atoms with E-state index < -0.39 is 14.0 Å². The molecular weight excluding hydrogens is 404 g/mol. The molecule has 4 rings (SSSR count). The summed E-state index contributed by atoms with van der Waals surface area (Å²) in [7, 11) is 0. The minimum atomic E-state index is -2.23. The second-order valence-electron chi connectivity index (χ2n) is 10.0. The van der Waals surface area contributed by atoms with Crippen LogP contribution in [0.5, 0.6) is 0 Å². The molecule has 0 saturated carbocycles. The van der Waals surface area contributed by atoms with E-state index in [-0.39, 0.29) is 13.3 Å². The molecule has 0 spiro atoms. The Labute approximate surface area is 209 Å². The molecule has 0 unspecified atom stereocenters. The Morgan fingerprint density at radius 2 is 1.12 bits per heavy atom. The lowest BCUT2D eigenvalue weighted by atomic mass is 9.81. The van der Waals surface area contributed by atoms with Gasteiger partial charge in [-0.3, -0.25) is 0 Å². The van der Waals surface area contributed by atoms with Crippen LogP contribution in [0, 0.1) is 0 Å². The quantitative estimate of drug-likeness (QED) is 0.466. The van der Waals surface area contributed by atoms with Gasteiger partial charge in [-0.25, -0.2) is 0 Å². The van der Waals surface area contributed by atoms with Gasteiger partial charge >= 0.3 is 0 Å². The van der Waals surface area contributed by atoms with Crippen LogP contribution in [0.1, 0.15) is 84.2 Å². The number of hydrogen-bond donors (Lipinski definition) is 0. The maximum atomic E-state index is 7.83. The number of anilines is 2. The highest BCUT2D eigenvalue weighted by Crippen LogP contribution is 2.42. The minimum absolute atomic E-state index is 0.205. The second kappa shape index (κ2) is 9.17. The van der Waals surface area contributed by atoms with Gasteiger partial charge in [0.25, 0.3) is 0 Å². The van der Waals surface area contributed by atoms with Crippen LogP contribution >= 0.6 is 0 Å². The molecule has 2 aromatic rings. The third-order valence-electron chi connectivity index (χ3n) is 6.45. The summed E-state index contributed by atoms with van der Waals surface area (Å²) in [6.45, 7) is 9.24. The Morgan fingerprint density at radius 1 is 0.636 bits per heavy atom. The molecule has 176 valence electrons. The van der Waals surface area contributed by atoms with E-state index in [9.17, 15) is 0 Å². The summed E-state index contributed by atoms with van der Waals surface area (Å²) in [4.78, 5) is 6.52. The van der Waals surface area contributed by atoms with Gasteiger partial charge in [0.05, 0.1) is 13.3 Å². The molecule has 33 heavy (non-hydrogen) atoms. The topological polar surface area (TPSA) is 13.0 Å². The Balaban J connectivity index is 1.89.